The largest absolute Gasteiger partial charge is 0.404 e. The van der Waals surface area contributed by atoms with E-state index < -0.39 is 27.1 Å². The van der Waals surface area contributed by atoms with Gasteiger partial charge >= 0.3 is 6.18 Å². The molecule has 1 aliphatic carbocycles. The van der Waals surface area contributed by atoms with E-state index in [1.807, 2.05) is 18.2 Å². The molecule has 0 fully saturated rings. The number of halogens is 3. The third kappa shape index (κ3) is 3.68. The summed E-state index contributed by atoms with van der Waals surface area (Å²) >= 11 is 0. The van der Waals surface area contributed by atoms with E-state index in [0.717, 1.165) is 23.7 Å². The van der Waals surface area contributed by atoms with E-state index in [9.17, 15) is 26.9 Å². The molecule has 1 N–H and O–H groups in total. The third-order valence-electron chi connectivity index (χ3n) is 5.01. The molecule has 0 bridgehead atoms. The zero-order chi connectivity index (χ0) is 23.3. The Morgan fingerprint density at radius 1 is 1.22 bits per heavy atom. The molecule has 0 aromatic carbocycles. The molecule has 0 unspecified atom stereocenters. The average molecular weight is 459 g/mol. The number of nitriles is 1. The minimum Gasteiger partial charge on any atom is -0.305 e. The van der Waals surface area contributed by atoms with Gasteiger partial charge in [-0.1, -0.05) is 6.08 Å². The first-order valence-electron chi connectivity index (χ1n) is 9.38. The van der Waals surface area contributed by atoms with Crippen LogP contribution in [0.1, 0.15) is 18.2 Å². The number of alkyl halides is 3. The van der Waals surface area contributed by atoms with Crippen LogP contribution in [0.25, 0.3) is 28.0 Å². The van der Waals surface area contributed by atoms with Crippen LogP contribution in [0.15, 0.2) is 53.7 Å². The lowest BCUT2D eigenvalue weighted by Crippen LogP contribution is -2.42. The fourth-order valence-electron chi connectivity index (χ4n) is 3.29. The lowest BCUT2D eigenvalue weighted by molar-refractivity contribution is -0.147. The molecule has 0 radical (unpaired) electrons. The summed E-state index contributed by atoms with van der Waals surface area (Å²) in [6, 6.07) is 4.22. The molecule has 0 aliphatic heterocycles. The number of aryl methyl sites for hydroxylation is 1. The molecule has 1 atom stereocenters. The van der Waals surface area contributed by atoms with E-state index in [-0.39, 0.29) is 0 Å². The van der Waals surface area contributed by atoms with E-state index in [1.54, 1.807) is 28.5 Å². The molecule has 164 valence electrons. The highest BCUT2D eigenvalue weighted by Gasteiger charge is 2.39. The Hall–Kier alpha value is -3.49. The van der Waals surface area contributed by atoms with Gasteiger partial charge in [0.05, 0.1) is 28.7 Å². The van der Waals surface area contributed by atoms with Gasteiger partial charge in [0, 0.05) is 23.0 Å². The first-order valence-corrected chi connectivity index (χ1v) is 10.9. The maximum atomic E-state index is 12.8. The number of pyridine rings is 2. The van der Waals surface area contributed by atoms with Crippen LogP contribution < -0.4 is 4.72 Å². The van der Waals surface area contributed by atoms with Gasteiger partial charge in [-0.2, -0.15) is 23.2 Å². The number of aromatic nitrogens is 3. The SMILES string of the molecule is Cc1cc2c(C#N)c(-c3ccc(S(=O)(=O)N[C@@H](C)C(F)(F)F)cn3)n(C3=CC=C3)c2cn1. The lowest BCUT2D eigenvalue weighted by atomic mass is 10.1. The first kappa shape index (κ1) is 21.7. The van der Waals surface area contributed by atoms with Crippen molar-refractivity contribution in [1.82, 2.24) is 19.3 Å². The highest BCUT2D eigenvalue weighted by atomic mass is 32.2. The number of sulfonamides is 1. The predicted molar refractivity (Wildman–Crippen MR) is 112 cm³/mol. The fraction of sp³-hybridized carbons (Fsp3) is 0.190. The summed E-state index contributed by atoms with van der Waals surface area (Å²) in [7, 11) is -4.44. The molecule has 4 rings (SSSR count). The summed E-state index contributed by atoms with van der Waals surface area (Å²) in [6.45, 7) is 2.51. The quantitative estimate of drug-likeness (QED) is 0.623. The Labute approximate surface area is 181 Å². The number of rotatable bonds is 5. The van der Waals surface area contributed by atoms with E-state index in [2.05, 4.69) is 16.0 Å². The summed E-state index contributed by atoms with van der Waals surface area (Å²) in [6.07, 6.45) is 3.40. The number of nitrogens with zero attached hydrogens (tertiary/aromatic N) is 4. The maximum Gasteiger partial charge on any atom is 0.404 e. The fourth-order valence-corrected chi connectivity index (χ4v) is 4.47. The molecular weight excluding hydrogens is 443 g/mol. The molecule has 3 aromatic heterocycles. The first-order chi connectivity index (χ1) is 15.0. The van der Waals surface area contributed by atoms with Crippen LogP contribution in [0.5, 0.6) is 0 Å². The minimum absolute atomic E-state index is 0.291. The number of hydrogen-bond donors (Lipinski definition) is 1. The third-order valence-corrected chi connectivity index (χ3v) is 6.53. The van der Waals surface area contributed by atoms with Crippen molar-refractivity contribution in [2.24, 2.45) is 0 Å². The molecule has 32 heavy (non-hydrogen) atoms. The van der Waals surface area contributed by atoms with Crippen LogP contribution >= 0.6 is 0 Å². The molecule has 11 heteroatoms. The topological polar surface area (TPSA) is 101 Å². The zero-order valence-corrected chi connectivity index (χ0v) is 17.7. The molecule has 3 aromatic rings. The highest BCUT2D eigenvalue weighted by molar-refractivity contribution is 7.89. The normalized spacial score (nSPS) is 14.7. The van der Waals surface area contributed by atoms with Gasteiger partial charge in [-0.05, 0) is 44.2 Å². The Kier molecular flexibility index (Phi) is 5.15. The monoisotopic (exact) mass is 459 g/mol. The Balaban J connectivity index is 1.82. The summed E-state index contributed by atoms with van der Waals surface area (Å²) in [5.41, 5.74) is 3.24. The predicted octanol–water partition coefficient (Wildman–Crippen LogP) is 3.92. The number of allylic oxidation sites excluding steroid dienone is 4. The van der Waals surface area contributed by atoms with E-state index in [4.69, 9.17) is 0 Å². The Morgan fingerprint density at radius 2 is 1.94 bits per heavy atom. The van der Waals surface area contributed by atoms with Crippen LogP contribution in [0.2, 0.25) is 0 Å². The zero-order valence-electron chi connectivity index (χ0n) is 16.8. The van der Waals surface area contributed by atoms with E-state index in [0.29, 0.717) is 34.8 Å². The number of hydrogen-bond acceptors (Lipinski definition) is 5. The van der Waals surface area contributed by atoms with E-state index in [1.165, 1.54) is 6.07 Å². The second-order valence-corrected chi connectivity index (χ2v) is 8.94. The molecular formula is C21H16F3N5O2S. The number of nitrogens with one attached hydrogen (secondary N) is 1. The molecule has 0 saturated heterocycles. The second kappa shape index (κ2) is 7.58. The van der Waals surface area contributed by atoms with Gasteiger partial charge in [0.1, 0.15) is 17.0 Å². The van der Waals surface area contributed by atoms with Gasteiger partial charge < -0.3 is 4.57 Å². The van der Waals surface area contributed by atoms with Gasteiger partial charge in [0.15, 0.2) is 0 Å². The molecule has 3 heterocycles. The molecule has 0 saturated carbocycles. The Morgan fingerprint density at radius 3 is 2.47 bits per heavy atom. The van der Waals surface area contributed by atoms with Crippen molar-refractivity contribution in [2.45, 2.75) is 31.0 Å². The van der Waals surface area contributed by atoms with Crippen LogP contribution in [0, 0.1) is 18.3 Å². The van der Waals surface area contributed by atoms with Crippen LogP contribution in [0.3, 0.4) is 0 Å². The standard InChI is InChI=1S/C21H16F3N5O2S/c1-12-8-16-17(9-25)20(29(14-4-3-5-14)19(16)11-26-12)18-7-6-15(10-27-18)32(30,31)28-13(2)21(22,23)24/h3-8,10-11,13,28H,1-2H3/t13-/m0/s1. The summed E-state index contributed by atoms with van der Waals surface area (Å²) in [4.78, 5) is 8.05. The molecule has 0 amide bonds. The van der Waals surface area contributed by atoms with Gasteiger partial charge in [0.2, 0.25) is 10.0 Å². The van der Waals surface area contributed by atoms with Crippen molar-refractivity contribution in [1.29, 1.82) is 5.26 Å². The van der Waals surface area contributed by atoms with Crippen LogP contribution in [-0.2, 0) is 10.0 Å². The summed E-state index contributed by atoms with van der Waals surface area (Å²) in [5, 5.41) is 10.5. The van der Waals surface area contributed by atoms with Gasteiger partial charge in [-0.15, -0.1) is 0 Å². The Bertz CT molecular complexity index is 1430. The second-order valence-electron chi connectivity index (χ2n) is 7.23. The molecule has 1 aliphatic rings. The molecule has 0 spiro atoms. The molecule has 7 nitrogen and oxygen atoms in total. The van der Waals surface area contributed by atoms with Gasteiger partial charge in [-0.25, -0.2) is 8.42 Å². The minimum atomic E-state index is -4.72. The van der Waals surface area contributed by atoms with Gasteiger partial charge in [-0.3, -0.25) is 9.97 Å². The summed E-state index contributed by atoms with van der Waals surface area (Å²) < 4.78 is 66.3. The highest BCUT2D eigenvalue weighted by Crippen LogP contribution is 2.37. The smallest absolute Gasteiger partial charge is 0.305 e. The summed E-state index contributed by atoms with van der Waals surface area (Å²) in [5.74, 6) is 0. The van der Waals surface area contributed by atoms with Crippen molar-refractivity contribution >= 4 is 26.6 Å². The average Bonchev–Trinajstić information content (AvgIpc) is 2.99. The van der Waals surface area contributed by atoms with Crippen molar-refractivity contribution < 1.29 is 21.6 Å². The van der Waals surface area contributed by atoms with Crippen LogP contribution in [0.4, 0.5) is 13.2 Å². The van der Waals surface area contributed by atoms with Crippen LogP contribution in [-0.4, -0.2) is 35.2 Å². The number of fused-ring (bicyclic) bond motifs is 1. The van der Waals surface area contributed by atoms with Crippen molar-refractivity contribution in [3.63, 3.8) is 0 Å². The van der Waals surface area contributed by atoms with Crippen molar-refractivity contribution in [2.75, 3.05) is 0 Å². The van der Waals surface area contributed by atoms with E-state index >= 15 is 0 Å². The maximum absolute atomic E-state index is 12.8. The van der Waals surface area contributed by atoms with Crippen molar-refractivity contribution in [3.05, 3.63) is 60.1 Å². The van der Waals surface area contributed by atoms with Crippen molar-refractivity contribution in [3.8, 4) is 17.5 Å². The lowest BCUT2D eigenvalue weighted by Gasteiger charge is -2.17. The van der Waals surface area contributed by atoms with Gasteiger partial charge in [0.25, 0.3) is 0 Å².